The monoisotopic (exact) mass is 313 g/mol. The van der Waals surface area contributed by atoms with Crippen LogP contribution in [0.5, 0.6) is 0 Å². The fourth-order valence-electron chi connectivity index (χ4n) is 3.07. The lowest BCUT2D eigenvalue weighted by atomic mass is 9.98. The lowest BCUT2D eigenvalue weighted by Crippen LogP contribution is -2.28. The molecule has 1 amide bonds. The van der Waals surface area contributed by atoms with E-state index in [4.69, 9.17) is 4.52 Å². The van der Waals surface area contributed by atoms with Crippen LogP contribution < -0.4 is 0 Å². The first-order valence-corrected chi connectivity index (χ1v) is 8.35. The van der Waals surface area contributed by atoms with E-state index in [0.717, 1.165) is 24.9 Å². The summed E-state index contributed by atoms with van der Waals surface area (Å²) < 4.78 is 5.48. The molecule has 0 bridgehead atoms. The van der Waals surface area contributed by atoms with Crippen molar-refractivity contribution in [1.82, 2.24) is 15.0 Å². The Bertz CT molecular complexity index is 653. The molecule has 1 aliphatic heterocycles. The quantitative estimate of drug-likeness (QED) is 0.848. The highest BCUT2D eigenvalue weighted by Crippen LogP contribution is 2.32. The average molecular weight is 313 g/mol. The van der Waals surface area contributed by atoms with Crippen molar-refractivity contribution in [3.63, 3.8) is 0 Å². The normalized spacial score (nSPS) is 20.9. The summed E-state index contributed by atoms with van der Waals surface area (Å²) in [5, 5.41) is 4.10. The zero-order valence-corrected chi connectivity index (χ0v) is 13.7. The fourth-order valence-corrected chi connectivity index (χ4v) is 3.07. The molecule has 1 aromatic carbocycles. The maximum absolute atomic E-state index is 12.2. The van der Waals surface area contributed by atoms with Gasteiger partial charge in [-0.1, -0.05) is 55.8 Å². The predicted octanol–water partition coefficient (Wildman–Crippen LogP) is 3.49. The highest BCUT2D eigenvalue weighted by molar-refractivity contribution is 5.76. The summed E-state index contributed by atoms with van der Waals surface area (Å²) in [6.07, 6.45) is 2.63. The van der Waals surface area contributed by atoms with Crippen molar-refractivity contribution in [2.75, 3.05) is 13.1 Å². The van der Waals surface area contributed by atoms with Gasteiger partial charge in [-0.3, -0.25) is 4.79 Å². The maximum Gasteiger partial charge on any atom is 0.232 e. The van der Waals surface area contributed by atoms with Gasteiger partial charge in [0.2, 0.25) is 17.6 Å². The van der Waals surface area contributed by atoms with E-state index in [2.05, 4.69) is 24.0 Å². The van der Waals surface area contributed by atoms with E-state index in [9.17, 15) is 4.79 Å². The van der Waals surface area contributed by atoms with Crippen molar-refractivity contribution in [2.45, 2.75) is 39.0 Å². The molecule has 1 aliphatic rings. The van der Waals surface area contributed by atoms with Gasteiger partial charge in [0.15, 0.2) is 0 Å². The van der Waals surface area contributed by atoms with Gasteiger partial charge in [-0.15, -0.1) is 0 Å². The molecule has 2 heterocycles. The van der Waals surface area contributed by atoms with Gasteiger partial charge in [0.25, 0.3) is 0 Å². The maximum atomic E-state index is 12.2. The fraction of sp³-hybridized carbons (Fsp3) is 0.500. The minimum absolute atomic E-state index is 0.130. The second kappa shape index (κ2) is 6.94. The van der Waals surface area contributed by atoms with E-state index < -0.39 is 0 Å². The van der Waals surface area contributed by atoms with Gasteiger partial charge < -0.3 is 9.42 Å². The molecule has 0 N–H and O–H groups in total. The Kier molecular flexibility index (Phi) is 4.74. The second-order valence-electron chi connectivity index (χ2n) is 6.31. The SMILES string of the molecule is CCCCC(=O)N1CC(C)C(c2nc(-c3ccccc3)no2)C1. The summed E-state index contributed by atoms with van der Waals surface area (Å²) in [7, 11) is 0. The van der Waals surface area contributed by atoms with Crippen molar-refractivity contribution >= 4 is 5.91 Å². The number of amides is 1. The van der Waals surface area contributed by atoms with Crippen LogP contribution in [-0.2, 0) is 4.79 Å². The van der Waals surface area contributed by atoms with Gasteiger partial charge in [0, 0.05) is 25.1 Å². The van der Waals surface area contributed by atoms with E-state index in [1.165, 1.54) is 0 Å². The van der Waals surface area contributed by atoms with Crippen molar-refractivity contribution in [2.24, 2.45) is 5.92 Å². The Morgan fingerprint density at radius 2 is 2.09 bits per heavy atom. The predicted molar refractivity (Wildman–Crippen MR) is 87.7 cm³/mol. The lowest BCUT2D eigenvalue weighted by Gasteiger charge is -2.15. The number of likely N-dealkylation sites (tertiary alicyclic amines) is 1. The molecule has 5 nitrogen and oxygen atoms in total. The van der Waals surface area contributed by atoms with Crippen LogP contribution in [-0.4, -0.2) is 34.0 Å². The minimum Gasteiger partial charge on any atom is -0.342 e. The third-order valence-electron chi connectivity index (χ3n) is 4.50. The Morgan fingerprint density at radius 1 is 1.30 bits per heavy atom. The van der Waals surface area contributed by atoms with Crippen LogP contribution in [0.15, 0.2) is 34.9 Å². The van der Waals surface area contributed by atoms with Crippen molar-refractivity contribution in [3.05, 3.63) is 36.2 Å². The number of benzene rings is 1. The molecule has 0 spiro atoms. The van der Waals surface area contributed by atoms with E-state index in [0.29, 0.717) is 30.6 Å². The molecule has 3 rings (SSSR count). The molecule has 122 valence electrons. The van der Waals surface area contributed by atoms with Crippen molar-refractivity contribution in [3.8, 4) is 11.4 Å². The molecule has 2 aromatic rings. The summed E-state index contributed by atoms with van der Waals surface area (Å²) in [4.78, 5) is 18.7. The Labute approximate surface area is 136 Å². The van der Waals surface area contributed by atoms with Gasteiger partial charge in [0.1, 0.15) is 0 Å². The average Bonchev–Trinajstić information content (AvgIpc) is 3.20. The molecule has 1 fully saturated rings. The van der Waals surface area contributed by atoms with E-state index in [1.54, 1.807) is 0 Å². The Morgan fingerprint density at radius 3 is 2.83 bits per heavy atom. The van der Waals surface area contributed by atoms with Crippen molar-refractivity contribution in [1.29, 1.82) is 0 Å². The highest BCUT2D eigenvalue weighted by atomic mass is 16.5. The van der Waals surface area contributed by atoms with E-state index in [1.807, 2.05) is 35.2 Å². The number of hydrogen-bond donors (Lipinski definition) is 0. The van der Waals surface area contributed by atoms with E-state index >= 15 is 0 Å². The number of rotatable bonds is 5. The molecule has 1 aromatic heterocycles. The van der Waals surface area contributed by atoms with Gasteiger partial charge in [-0.05, 0) is 12.3 Å². The smallest absolute Gasteiger partial charge is 0.232 e. The number of nitrogens with zero attached hydrogens (tertiary/aromatic N) is 3. The van der Waals surface area contributed by atoms with Crippen LogP contribution >= 0.6 is 0 Å². The summed E-state index contributed by atoms with van der Waals surface area (Å²) in [6, 6.07) is 9.80. The summed E-state index contributed by atoms with van der Waals surface area (Å²) in [6.45, 7) is 5.70. The molecule has 23 heavy (non-hydrogen) atoms. The number of aromatic nitrogens is 2. The van der Waals surface area contributed by atoms with Crippen LogP contribution in [0.1, 0.15) is 44.9 Å². The van der Waals surface area contributed by atoms with Crippen molar-refractivity contribution < 1.29 is 9.32 Å². The zero-order chi connectivity index (χ0) is 16.2. The van der Waals surface area contributed by atoms with Gasteiger partial charge in [-0.25, -0.2) is 0 Å². The zero-order valence-electron chi connectivity index (χ0n) is 13.7. The molecule has 2 unspecified atom stereocenters. The molecule has 2 atom stereocenters. The molecule has 0 saturated carbocycles. The summed E-state index contributed by atoms with van der Waals surface area (Å²) in [5.41, 5.74) is 0.948. The first-order chi connectivity index (χ1) is 11.2. The Hall–Kier alpha value is -2.17. The second-order valence-corrected chi connectivity index (χ2v) is 6.31. The Balaban J connectivity index is 1.70. The summed E-state index contributed by atoms with van der Waals surface area (Å²) >= 11 is 0. The first kappa shape index (κ1) is 15.7. The largest absolute Gasteiger partial charge is 0.342 e. The first-order valence-electron chi connectivity index (χ1n) is 8.35. The molecular formula is C18H23N3O2. The highest BCUT2D eigenvalue weighted by Gasteiger charge is 2.36. The third kappa shape index (κ3) is 3.44. The van der Waals surface area contributed by atoms with Gasteiger partial charge in [-0.2, -0.15) is 4.98 Å². The van der Waals surface area contributed by atoms with Crippen LogP contribution in [0.3, 0.4) is 0 Å². The molecular weight excluding hydrogens is 290 g/mol. The van der Waals surface area contributed by atoms with E-state index in [-0.39, 0.29) is 11.8 Å². The van der Waals surface area contributed by atoms with Gasteiger partial charge in [0.05, 0.1) is 5.92 Å². The molecule has 1 saturated heterocycles. The van der Waals surface area contributed by atoms with Gasteiger partial charge >= 0.3 is 0 Å². The standard InChI is InChI=1S/C18H23N3O2/c1-3-4-10-16(22)21-11-13(2)15(12-21)18-19-17(20-23-18)14-8-6-5-7-9-14/h5-9,13,15H,3-4,10-12H2,1-2H3. The number of unbranched alkanes of at least 4 members (excludes halogenated alkanes) is 1. The minimum atomic E-state index is 0.130. The lowest BCUT2D eigenvalue weighted by molar-refractivity contribution is -0.130. The molecule has 0 aliphatic carbocycles. The third-order valence-corrected chi connectivity index (χ3v) is 4.50. The van der Waals surface area contributed by atoms with Crippen LogP contribution in [0, 0.1) is 5.92 Å². The number of carbonyl (C=O) groups is 1. The molecule has 5 heteroatoms. The van der Waals surface area contributed by atoms with Crippen LogP contribution in [0.2, 0.25) is 0 Å². The van der Waals surface area contributed by atoms with Crippen LogP contribution in [0.25, 0.3) is 11.4 Å². The topological polar surface area (TPSA) is 59.2 Å². The molecule has 0 radical (unpaired) electrons. The summed E-state index contributed by atoms with van der Waals surface area (Å²) in [5.74, 6) is 1.96. The number of hydrogen-bond acceptors (Lipinski definition) is 4. The van der Waals surface area contributed by atoms with Crippen LogP contribution in [0.4, 0.5) is 0 Å². The number of carbonyl (C=O) groups excluding carboxylic acids is 1.